The smallest absolute Gasteiger partial charge is 0.317 e. The summed E-state index contributed by atoms with van der Waals surface area (Å²) in [6, 6.07) is -0.786. The molecule has 2 N–H and O–H groups in total. The molecule has 0 aromatic rings. The third-order valence-electron chi connectivity index (χ3n) is 3.27. The van der Waals surface area contributed by atoms with Crippen molar-refractivity contribution in [3.05, 3.63) is 0 Å². The Hall–Kier alpha value is -1.31. The van der Waals surface area contributed by atoms with E-state index in [-0.39, 0.29) is 30.6 Å². The lowest BCUT2D eigenvalue weighted by Gasteiger charge is -2.33. The summed E-state index contributed by atoms with van der Waals surface area (Å²) in [5.41, 5.74) is 0. The number of urea groups is 1. The van der Waals surface area contributed by atoms with Crippen LogP contribution in [0.4, 0.5) is 4.79 Å². The standard InChI is InChI=1S/C11H20N2O5S/c1-3-9(10(14)15)6-12-11(16)13-4-5-19(17,18)7-8(13)2/h8-9H,3-7H2,1-2H3,(H,12,16)(H,14,15). The average Bonchev–Trinajstić information content (AvgIpc) is 2.27. The molecule has 0 saturated carbocycles. The van der Waals surface area contributed by atoms with Crippen molar-refractivity contribution in [1.82, 2.24) is 10.2 Å². The molecule has 1 aliphatic heterocycles. The van der Waals surface area contributed by atoms with Crippen LogP contribution in [-0.2, 0) is 14.6 Å². The first-order chi connectivity index (χ1) is 8.76. The summed E-state index contributed by atoms with van der Waals surface area (Å²) < 4.78 is 22.8. The molecule has 0 spiro atoms. The highest BCUT2D eigenvalue weighted by Crippen LogP contribution is 2.11. The van der Waals surface area contributed by atoms with Gasteiger partial charge in [0.1, 0.15) is 0 Å². The van der Waals surface area contributed by atoms with Gasteiger partial charge in [-0.3, -0.25) is 4.79 Å². The molecule has 1 rings (SSSR count). The van der Waals surface area contributed by atoms with Crippen LogP contribution in [0.3, 0.4) is 0 Å². The van der Waals surface area contributed by atoms with Crippen LogP contribution in [0, 0.1) is 5.92 Å². The van der Waals surface area contributed by atoms with E-state index < -0.39 is 27.8 Å². The highest BCUT2D eigenvalue weighted by molar-refractivity contribution is 7.91. The second-order valence-corrected chi connectivity index (χ2v) is 7.01. The molecule has 0 aromatic carbocycles. The lowest BCUT2D eigenvalue weighted by atomic mass is 10.1. The monoisotopic (exact) mass is 292 g/mol. The molecule has 2 amide bonds. The zero-order valence-electron chi connectivity index (χ0n) is 11.1. The van der Waals surface area contributed by atoms with Gasteiger partial charge in [0, 0.05) is 19.1 Å². The maximum Gasteiger partial charge on any atom is 0.317 e. The number of nitrogens with one attached hydrogen (secondary N) is 1. The van der Waals surface area contributed by atoms with Crippen LogP contribution in [-0.4, -0.2) is 61.1 Å². The third-order valence-corrected chi connectivity index (χ3v) is 5.07. The van der Waals surface area contributed by atoms with Gasteiger partial charge in [-0.1, -0.05) is 6.92 Å². The molecule has 8 heteroatoms. The Kier molecular flexibility index (Phi) is 5.16. The van der Waals surface area contributed by atoms with Gasteiger partial charge in [0.25, 0.3) is 0 Å². The van der Waals surface area contributed by atoms with E-state index in [9.17, 15) is 18.0 Å². The fourth-order valence-electron chi connectivity index (χ4n) is 2.02. The SMILES string of the molecule is CCC(CNC(=O)N1CCS(=O)(=O)CC1C)C(=O)O. The molecule has 110 valence electrons. The van der Waals surface area contributed by atoms with Crippen molar-refractivity contribution in [2.45, 2.75) is 26.3 Å². The highest BCUT2D eigenvalue weighted by Gasteiger charge is 2.31. The van der Waals surface area contributed by atoms with Crippen LogP contribution >= 0.6 is 0 Å². The van der Waals surface area contributed by atoms with Crippen molar-refractivity contribution in [2.24, 2.45) is 5.92 Å². The minimum Gasteiger partial charge on any atom is -0.481 e. The van der Waals surface area contributed by atoms with Crippen LogP contribution in [0.25, 0.3) is 0 Å². The first kappa shape index (κ1) is 15.7. The molecule has 0 radical (unpaired) electrons. The first-order valence-corrected chi connectivity index (χ1v) is 8.06. The number of amides is 2. The summed E-state index contributed by atoms with van der Waals surface area (Å²) in [5.74, 6) is -1.65. The second kappa shape index (κ2) is 6.23. The fraction of sp³-hybridized carbons (Fsp3) is 0.818. The lowest BCUT2D eigenvalue weighted by molar-refractivity contribution is -0.141. The van der Waals surface area contributed by atoms with Crippen LogP contribution < -0.4 is 5.32 Å². The molecule has 1 aliphatic rings. The Bertz CT molecular complexity index is 448. The van der Waals surface area contributed by atoms with Crippen LogP contribution in [0.15, 0.2) is 0 Å². The summed E-state index contributed by atoms with van der Waals surface area (Å²) in [5, 5.41) is 11.4. The van der Waals surface area contributed by atoms with E-state index >= 15 is 0 Å². The number of nitrogens with zero attached hydrogens (tertiary/aromatic N) is 1. The number of aliphatic carboxylic acids is 1. The first-order valence-electron chi connectivity index (χ1n) is 6.24. The molecule has 19 heavy (non-hydrogen) atoms. The molecule has 0 bridgehead atoms. The number of hydrogen-bond acceptors (Lipinski definition) is 4. The number of rotatable bonds is 4. The maximum atomic E-state index is 11.9. The lowest BCUT2D eigenvalue weighted by Crippen LogP contribution is -2.53. The van der Waals surface area contributed by atoms with Gasteiger partial charge < -0.3 is 15.3 Å². The Morgan fingerprint density at radius 1 is 1.47 bits per heavy atom. The Morgan fingerprint density at radius 3 is 2.58 bits per heavy atom. The number of carbonyl (C=O) groups is 2. The van der Waals surface area contributed by atoms with Crippen molar-refractivity contribution in [3.63, 3.8) is 0 Å². The predicted molar refractivity (Wildman–Crippen MR) is 69.6 cm³/mol. The van der Waals surface area contributed by atoms with Crippen molar-refractivity contribution in [1.29, 1.82) is 0 Å². The number of sulfone groups is 1. The third kappa shape index (κ3) is 4.38. The normalized spacial score (nSPS) is 23.7. The molecular weight excluding hydrogens is 272 g/mol. The Labute approximate surface area is 112 Å². The molecule has 2 unspecified atom stereocenters. The van der Waals surface area contributed by atoms with E-state index in [0.29, 0.717) is 6.42 Å². The van der Waals surface area contributed by atoms with Crippen molar-refractivity contribution >= 4 is 21.8 Å². The minimum atomic E-state index is -3.06. The van der Waals surface area contributed by atoms with Gasteiger partial charge >= 0.3 is 12.0 Å². The predicted octanol–water partition coefficient (Wildman–Crippen LogP) is -0.0743. The van der Waals surface area contributed by atoms with Crippen molar-refractivity contribution in [3.8, 4) is 0 Å². The topological polar surface area (TPSA) is 104 Å². The molecule has 1 saturated heterocycles. The summed E-state index contributed by atoms with van der Waals surface area (Å²) in [6.07, 6.45) is 0.430. The zero-order chi connectivity index (χ0) is 14.6. The molecule has 2 atom stereocenters. The van der Waals surface area contributed by atoms with E-state index in [1.54, 1.807) is 13.8 Å². The Balaban J connectivity index is 2.53. The second-order valence-electron chi connectivity index (χ2n) is 4.79. The molecule has 0 aromatic heterocycles. The van der Waals surface area contributed by atoms with Gasteiger partial charge in [-0.2, -0.15) is 0 Å². The molecule has 1 heterocycles. The van der Waals surface area contributed by atoms with Gasteiger partial charge in [-0.25, -0.2) is 13.2 Å². The number of carboxylic acids is 1. The van der Waals surface area contributed by atoms with Gasteiger partial charge in [0.15, 0.2) is 9.84 Å². The summed E-state index contributed by atoms with van der Waals surface area (Å²) in [4.78, 5) is 24.2. The largest absolute Gasteiger partial charge is 0.481 e. The molecule has 0 aliphatic carbocycles. The number of hydrogen-bond donors (Lipinski definition) is 2. The highest BCUT2D eigenvalue weighted by atomic mass is 32.2. The van der Waals surface area contributed by atoms with Crippen LogP contribution in [0.5, 0.6) is 0 Å². The summed E-state index contributed by atoms with van der Waals surface area (Å²) in [7, 11) is -3.06. The summed E-state index contributed by atoms with van der Waals surface area (Å²) in [6.45, 7) is 3.62. The van der Waals surface area contributed by atoms with Gasteiger partial charge in [-0.05, 0) is 13.3 Å². The van der Waals surface area contributed by atoms with E-state index in [1.165, 1.54) is 4.90 Å². The molecule has 1 fully saturated rings. The minimum absolute atomic E-state index is 0.0408. The van der Waals surface area contributed by atoms with Crippen LogP contribution in [0.2, 0.25) is 0 Å². The average molecular weight is 292 g/mol. The number of carboxylic acid groups (broad SMARTS) is 1. The quantitative estimate of drug-likeness (QED) is 0.754. The molecule has 7 nitrogen and oxygen atoms in total. The molecular formula is C11H20N2O5S. The maximum absolute atomic E-state index is 11.9. The van der Waals surface area contributed by atoms with E-state index in [2.05, 4.69) is 5.32 Å². The van der Waals surface area contributed by atoms with E-state index in [0.717, 1.165) is 0 Å². The number of carbonyl (C=O) groups excluding carboxylic acids is 1. The Morgan fingerprint density at radius 2 is 2.11 bits per heavy atom. The fourth-order valence-corrected chi connectivity index (χ4v) is 3.58. The van der Waals surface area contributed by atoms with Gasteiger partial charge in [0.2, 0.25) is 0 Å². The summed E-state index contributed by atoms with van der Waals surface area (Å²) >= 11 is 0. The van der Waals surface area contributed by atoms with E-state index in [1.807, 2.05) is 0 Å². The van der Waals surface area contributed by atoms with E-state index in [4.69, 9.17) is 5.11 Å². The zero-order valence-corrected chi connectivity index (χ0v) is 11.9. The van der Waals surface area contributed by atoms with Crippen LogP contribution in [0.1, 0.15) is 20.3 Å². The van der Waals surface area contributed by atoms with Gasteiger partial charge in [-0.15, -0.1) is 0 Å². The van der Waals surface area contributed by atoms with Crippen molar-refractivity contribution in [2.75, 3.05) is 24.6 Å². The van der Waals surface area contributed by atoms with Crippen molar-refractivity contribution < 1.29 is 23.1 Å². The van der Waals surface area contributed by atoms with Gasteiger partial charge in [0.05, 0.1) is 17.4 Å².